The van der Waals surface area contributed by atoms with Gasteiger partial charge in [0.2, 0.25) is 0 Å². The van der Waals surface area contributed by atoms with Crippen molar-refractivity contribution in [2.45, 2.75) is 51.7 Å². The molecule has 2 rings (SSSR count). The van der Waals surface area contributed by atoms with Gasteiger partial charge in [0, 0.05) is 37.0 Å². The van der Waals surface area contributed by atoms with E-state index in [4.69, 9.17) is 4.74 Å². The number of aliphatic carboxylic acids is 1. The second-order valence-corrected chi connectivity index (χ2v) is 6.35. The van der Waals surface area contributed by atoms with Crippen LogP contribution in [0.25, 0.3) is 0 Å². The van der Waals surface area contributed by atoms with Crippen molar-refractivity contribution in [2.75, 3.05) is 13.1 Å². The van der Waals surface area contributed by atoms with E-state index in [1.807, 2.05) is 0 Å². The Hall–Kier alpha value is -1.36. The summed E-state index contributed by atoms with van der Waals surface area (Å²) in [7, 11) is 0. The third-order valence-electron chi connectivity index (χ3n) is 4.16. The number of hydrogen-bond acceptors (Lipinski definition) is 4. The molecule has 0 unspecified atom stereocenters. The number of carboxylic acid groups (broad SMARTS) is 1. The predicted octanol–water partition coefficient (Wildman–Crippen LogP) is 1.58. The van der Waals surface area contributed by atoms with Crippen LogP contribution in [-0.4, -0.2) is 46.2 Å². The molecule has 0 aromatic heterocycles. The maximum atomic E-state index is 11.7. The third kappa shape index (κ3) is 2.27. The van der Waals surface area contributed by atoms with Crippen LogP contribution in [0.2, 0.25) is 0 Å². The van der Waals surface area contributed by atoms with E-state index in [9.17, 15) is 14.7 Å². The van der Waals surface area contributed by atoms with Crippen molar-refractivity contribution >= 4 is 11.9 Å². The molecule has 0 radical (unpaired) electrons. The van der Waals surface area contributed by atoms with Crippen LogP contribution in [0.4, 0.5) is 0 Å². The summed E-state index contributed by atoms with van der Waals surface area (Å²) in [6, 6.07) is 0. The molecule has 0 bridgehead atoms. The van der Waals surface area contributed by atoms with Crippen molar-refractivity contribution in [1.29, 1.82) is 0 Å². The quantitative estimate of drug-likeness (QED) is 0.731. The molecular formula is C14H21NO4. The van der Waals surface area contributed by atoms with E-state index in [1.54, 1.807) is 0 Å². The molecule has 5 heteroatoms. The zero-order chi connectivity index (χ0) is 14.4. The van der Waals surface area contributed by atoms with Crippen molar-refractivity contribution in [1.82, 2.24) is 4.90 Å². The van der Waals surface area contributed by atoms with Gasteiger partial charge in [-0.05, 0) is 27.7 Å². The Kier molecular flexibility index (Phi) is 3.21. The summed E-state index contributed by atoms with van der Waals surface area (Å²) in [6.45, 7) is 9.40. The van der Waals surface area contributed by atoms with Gasteiger partial charge in [-0.25, -0.2) is 9.59 Å². The van der Waals surface area contributed by atoms with Crippen LogP contribution in [0, 0.1) is 0 Å². The molecule has 0 aliphatic carbocycles. The van der Waals surface area contributed by atoms with E-state index >= 15 is 0 Å². The summed E-state index contributed by atoms with van der Waals surface area (Å²) in [5.41, 5.74) is -0.455. The van der Waals surface area contributed by atoms with Gasteiger partial charge in [0.05, 0.1) is 5.57 Å². The Morgan fingerprint density at radius 3 is 2.26 bits per heavy atom. The fourth-order valence-corrected chi connectivity index (χ4v) is 2.99. The lowest BCUT2D eigenvalue weighted by Crippen LogP contribution is -2.52. The van der Waals surface area contributed by atoms with Gasteiger partial charge >= 0.3 is 11.9 Å². The van der Waals surface area contributed by atoms with E-state index in [1.165, 1.54) is 6.92 Å². The van der Waals surface area contributed by atoms with Gasteiger partial charge in [-0.3, -0.25) is 4.90 Å². The minimum atomic E-state index is -1.03. The van der Waals surface area contributed by atoms with Gasteiger partial charge in [0.25, 0.3) is 0 Å². The van der Waals surface area contributed by atoms with Crippen molar-refractivity contribution in [3.05, 3.63) is 11.1 Å². The highest BCUT2D eigenvalue weighted by Crippen LogP contribution is 2.41. The van der Waals surface area contributed by atoms with Gasteiger partial charge < -0.3 is 9.84 Å². The number of hydrogen-bond donors (Lipinski definition) is 1. The monoisotopic (exact) mass is 267 g/mol. The molecule has 19 heavy (non-hydrogen) atoms. The number of likely N-dealkylation sites (tertiary alicyclic amines) is 1. The van der Waals surface area contributed by atoms with Crippen LogP contribution in [0.5, 0.6) is 0 Å². The largest absolute Gasteiger partial charge is 0.478 e. The number of carbonyl (C=O) groups is 2. The highest BCUT2D eigenvalue weighted by Gasteiger charge is 2.51. The predicted molar refractivity (Wildman–Crippen MR) is 69.7 cm³/mol. The molecular weight excluding hydrogens is 246 g/mol. The topological polar surface area (TPSA) is 66.8 Å². The fraction of sp³-hybridized carbons (Fsp3) is 0.714. The molecule has 1 spiro atoms. The Labute approximate surface area is 113 Å². The number of nitrogens with zero attached hydrogens (tertiary/aromatic N) is 1. The number of piperidine rings is 1. The van der Waals surface area contributed by atoms with E-state index in [2.05, 4.69) is 25.7 Å². The maximum absolute atomic E-state index is 11.7. The van der Waals surface area contributed by atoms with Gasteiger partial charge in [-0.2, -0.15) is 0 Å². The number of rotatable bonds is 1. The number of carboxylic acids is 1. The molecule has 0 atom stereocenters. The van der Waals surface area contributed by atoms with E-state index in [0.717, 1.165) is 13.1 Å². The first-order chi connectivity index (χ1) is 8.67. The molecule has 1 saturated heterocycles. The summed E-state index contributed by atoms with van der Waals surface area (Å²) in [5, 5.41) is 9.34. The van der Waals surface area contributed by atoms with Crippen LogP contribution in [0.3, 0.4) is 0 Å². The van der Waals surface area contributed by atoms with Crippen molar-refractivity contribution in [3.8, 4) is 0 Å². The van der Waals surface area contributed by atoms with Gasteiger partial charge in [-0.1, -0.05) is 0 Å². The average Bonchev–Trinajstić information content (AvgIpc) is 2.50. The van der Waals surface area contributed by atoms with Crippen molar-refractivity contribution in [3.63, 3.8) is 0 Å². The molecule has 2 aliphatic heterocycles. The molecule has 106 valence electrons. The van der Waals surface area contributed by atoms with Crippen molar-refractivity contribution in [2.24, 2.45) is 0 Å². The summed E-state index contributed by atoms with van der Waals surface area (Å²) in [6.07, 6.45) is 1.10. The molecule has 2 heterocycles. The number of ether oxygens (including phenoxy) is 1. The van der Waals surface area contributed by atoms with E-state index in [-0.39, 0.29) is 16.7 Å². The summed E-state index contributed by atoms with van der Waals surface area (Å²) < 4.78 is 5.42. The smallest absolute Gasteiger partial charge is 0.336 e. The van der Waals surface area contributed by atoms with Crippen molar-refractivity contribution < 1.29 is 19.4 Å². The molecule has 1 N–H and O–H groups in total. The lowest BCUT2D eigenvalue weighted by Gasteiger charge is -2.44. The summed E-state index contributed by atoms with van der Waals surface area (Å²) in [5.74, 6) is -1.52. The highest BCUT2D eigenvalue weighted by atomic mass is 16.6. The second kappa shape index (κ2) is 4.34. The Bertz CT molecular complexity index is 451. The van der Waals surface area contributed by atoms with Crippen LogP contribution in [-0.2, 0) is 14.3 Å². The molecule has 1 fully saturated rings. The maximum Gasteiger partial charge on any atom is 0.336 e. The standard InChI is InChI=1S/C14H21NO4/c1-9-10(11(16)17)14(19-12(9)18)5-7-15(8-6-14)13(2,3)4/h5-8H2,1-4H3,(H,16,17). The zero-order valence-corrected chi connectivity index (χ0v) is 11.9. The normalized spacial score (nSPS) is 23.9. The minimum absolute atomic E-state index is 0.0480. The van der Waals surface area contributed by atoms with Gasteiger partial charge in [-0.15, -0.1) is 0 Å². The first-order valence-electron chi connectivity index (χ1n) is 6.60. The lowest BCUT2D eigenvalue weighted by molar-refractivity contribution is -0.153. The van der Waals surface area contributed by atoms with Crippen LogP contribution < -0.4 is 0 Å². The Morgan fingerprint density at radius 1 is 1.32 bits per heavy atom. The van der Waals surface area contributed by atoms with Gasteiger partial charge in [0.15, 0.2) is 0 Å². The highest BCUT2D eigenvalue weighted by molar-refractivity contribution is 6.04. The first kappa shape index (κ1) is 14.1. The molecule has 0 aromatic rings. The zero-order valence-electron chi connectivity index (χ0n) is 11.9. The van der Waals surface area contributed by atoms with Crippen LogP contribution in [0.15, 0.2) is 11.1 Å². The minimum Gasteiger partial charge on any atom is -0.478 e. The van der Waals surface area contributed by atoms with Crippen LogP contribution >= 0.6 is 0 Å². The van der Waals surface area contributed by atoms with E-state index < -0.39 is 17.5 Å². The Morgan fingerprint density at radius 2 is 1.84 bits per heavy atom. The number of esters is 1. The SMILES string of the molecule is CC1=C(C(=O)O)C2(CCN(C(C)(C)C)CC2)OC1=O. The fourth-order valence-electron chi connectivity index (χ4n) is 2.99. The first-order valence-corrected chi connectivity index (χ1v) is 6.60. The molecule has 0 saturated carbocycles. The molecule has 0 aromatic carbocycles. The molecule has 0 amide bonds. The lowest BCUT2D eigenvalue weighted by atomic mass is 9.82. The Balaban J connectivity index is 2.24. The summed E-state index contributed by atoms with van der Waals surface area (Å²) in [4.78, 5) is 25.4. The van der Waals surface area contributed by atoms with E-state index in [0.29, 0.717) is 12.8 Å². The van der Waals surface area contributed by atoms with Crippen LogP contribution in [0.1, 0.15) is 40.5 Å². The summed E-state index contributed by atoms with van der Waals surface area (Å²) >= 11 is 0. The third-order valence-corrected chi connectivity index (χ3v) is 4.16. The molecule has 5 nitrogen and oxygen atoms in total. The number of carbonyl (C=O) groups excluding carboxylic acids is 1. The average molecular weight is 267 g/mol. The molecule has 2 aliphatic rings. The second-order valence-electron chi connectivity index (χ2n) is 6.35. The van der Waals surface area contributed by atoms with Gasteiger partial charge in [0.1, 0.15) is 5.60 Å².